The zero-order valence-electron chi connectivity index (χ0n) is 17.1. The van der Waals surface area contributed by atoms with E-state index in [0.29, 0.717) is 29.9 Å². The van der Waals surface area contributed by atoms with Crippen LogP contribution in [0.15, 0.2) is 65.4 Å². The molecule has 5 rings (SSSR count). The first-order valence-corrected chi connectivity index (χ1v) is 10.3. The molecule has 158 valence electrons. The summed E-state index contributed by atoms with van der Waals surface area (Å²) in [6.07, 6.45) is 4.25. The van der Waals surface area contributed by atoms with Crippen LogP contribution in [0.4, 0.5) is 0 Å². The number of hydrogen-bond donors (Lipinski definition) is 0. The Morgan fingerprint density at radius 1 is 1.16 bits per heavy atom. The Labute approximate surface area is 184 Å². The van der Waals surface area contributed by atoms with Crippen molar-refractivity contribution in [2.45, 2.75) is 18.9 Å². The van der Waals surface area contributed by atoms with Crippen molar-refractivity contribution in [3.05, 3.63) is 72.2 Å². The zero-order chi connectivity index (χ0) is 21.9. The summed E-state index contributed by atoms with van der Waals surface area (Å²) >= 11 is 0. The second-order valence-electron chi connectivity index (χ2n) is 7.56. The fourth-order valence-electron chi connectivity index (χ4n) is 3.92. The van der Waals surface area contributed by atoms with Crippen molar-refractivity contribution < 1.29 is 14.1 Å². The fourth-order valence-corrected chi connectivity index (χ4v) is 3.92. The van der Waals surface area contributed by atoms with E-state index in [4.69, 9.17) is 9.26 Å². The first-order chi connectivity index (χ1) is 15.7. The Kier molecular flexibility index (Phi) is 5.22. The second-order valence-corrected chi connectivity index (χ2v) is 7.56. The Morgan fingerprint density at radius 2 is 2.00 bits per heavy atom. The van der Waals surface area contributed by atoms with Gasteiger partial charge in [-0.3, -0.25) is 4.79 Å². The van der Waals surface area contributed by atoms with Crippen molar-refractivity contribution in [2.24, 2.45) is 0 Å². The molecular weight excluding hydrogens is 406 g/mol. The highest BCUT2D eigenvalue weighted by molar-refractivity contribution is 6.01. The van der Waals surface area contributed by atoms with Crippen LogP contribution in [0.5, 0.6) is 5.88 Å². The second kappa shape index (κ2) is 8.47. The van der Waals surface area contributed by atoms with E-state index < -0.39 is 0 Å². The summed E-state index contributed by atoms with van der Waals surface area (Å²) in [5, 5.41) is 14.1. The molecule has 0 aliphatic carbocycles. The summed E-state index contributed by atoms with van der Waals surface area (Å²) in [6, 6.07) is 17.1. The van der Waals surface area contributed by atoms with Crippen molar-refractivity contribution >= 4 is 16.8 Å². The number of benzene rings is 2. The Morgan fingerprint density at radius 3 is 2.84 bits per heavy atom. The predicted molar refractivity (Wildman–Crippen MR) is 116 cm³/mol. The minimum Gasteiger partial charge on any atom is -0.470 e. The van der Waals surface area contributed by atoms with Crippen LogP contribution in [-0.2, 0) is 0 Å². The van der Waals surface area contributed by atoms with Crippen LogP contribution in [0.3, 0.4) is 0 Å². The SMILES string of the molecule is N#Cc1nccnc1OC1CCCN(C(=O)c2ccc3noc(-c4ccccc4)c3c2)C1. The number of piperidine rings is 1. The third kappa shape index (κ3) is 3.76. The lowest BCUT2D eigenvalue weighted by molar-refractivity contribution is 0.0526. The van der Waals surface area contributed by atoms with Gasteiger partial charge in [0.25, 0.3) is 11.8 Å². The fraction of sp³-hybridized carbons (Fsp3) is 0.208. The molecule has 1 unspecified atom stereocenters. The Balaban J connectivity index is 1.37. The number of nitriles is 1. The minimum absolute atomic E-state index is 0.0833. The van der Waals surface area contributed by atoms with Gasteiger partial charge in [-0.1, -0.05) is 35.5 Å². The highest BCUT2D eigenvalue weighted by Gasteiger charge is 2.27. The molecule has 1 aliphatic heterocycles. The molecule has 1 atom stereocenters. The molecule has 1 fully saturated rings. The van der Waals surface area contributed by atoms with Crippen molar-refractivity contribution in [3.63, 3.8) is 0 Å². The third-order valence-electron chi connectivity index (χ3n) is 5.47. The summed E-state index contributed by atoms with van der Waals surface area (Å²) in [7, 11) is 0. The first-order valence-electron chi connectivity index (χ1n) is 10.3. The average Bonchev–Trinajstić information content (AvgIpc) is 3.28. The van der Waals surface area contributed by atoms with Gasteiger partial charge in [0, 0.05) is 30.1 Å². The summed E-state index contributed by atoms with van der Waals surface area (Å²) in [4.78, 5) is 23.1. The molecule has 4 aromatic rings. The molecule has 0 bridgehead atoms. The molecule has 0 saturated carbocycles. The van der Waals surface area contributed by atoms with Gasteiger partial charge in [-0.2, -0.15) is 5.26 Å². The Bertz CT molecular complexity index is 1310. The van der Waals surface area contributed by atoms with E-state index in [-0.39, 0.29) is 23.6 Å². The monoisotopic (exact) mass is 425 g/mol. The molecule has 32 heavy (non-hydrogen) atoms. The molecule has 8 nitrogen and oxygen atoms in total. The molecule has 2 aromatic carbocycles. The smallest absolute Gasteiger partial charge is 0.254 e. The maximum absolute atomic E-state index is 13.3. The molecule has 0 N–H and O–H groups in total. The van der Waals surface area contributed by atoms with E-state index >= 15 is 0 Å². The molecule has 8 heteroatoms. The van der Waals surface area contributed by atoms with E-state index in [2.05, 4.69) is 15.1 Å². The number of rotatable bonds is 4. The number of carbonyl (C=O) groups excluding carboxylic acids is 1. The van der Waals surface area contributed by atoms with Crippen LogP contribution in [-0.4, -0.2) is 45.1 Å². The van der Waals surface area contributed by atoms with Crippen LogP contribution < -0.4 is 4.74 Å². The van der Waals surface area contributed by atoms with Crippen LogP contribution in [0.1, 0.15) is 28.9 Å². The summed E-state index contributed by atoms with van der Waals surface area (Å²) < 4.78 is 11.5. The quantitative estimate of drug-likeness (QED) is 0.489. The first kappa shape index (κ1) is 19.7. The van der Waals surface area contributed by atoms with Crippen molar-refractivity contribution in [2.75, 3.05) is 13.1 Å². The van der Waals surface area contributed by atoms with Crippen molar-refractivity contribution in [3.8, 4) is 23.3 Å². The van der Waals surface area contributed by atoms with Gasteiger partial charge in [0.05, 0.1) is 11.9 Å². The molecule has 1 aliphatic rings. The van der Waals surface area contributed by atoms with Gasteiger partial charge < -0.3 is 14.2 Å². The van der Waals surface area contributed by atoms with Crippen LogP contribution >= 0.6 is 0 Å². The number of ether oxygens (including phenoxy) is 1. The molecule has 2 aromatic heterocycles. The highest BCUT2D eigenvalue weighted by atomic mass is 16.5. The van der Waals surface area contributed by atoms with Gasteiger partial charge >= 0.3 is 0 Å². The summed E-state index contributed by atoms with van der Waals surface area (Å²) in [5.74, 6) is 0.759. The van der Waals surface area contributed by atoms with Crippen LogP contribution in [0.25, 0.3) is 22.2 Å². The van der Waals surface area contributed by atoms with Gasteiger partial charge in [-0.25, -0.2) is 9.97 Å². The van der Waals surface area contributed by atoms with E-state index in [0.717, 1.165) is 23.8 Å². The van der Waals surface area contributed by atoms with E-state index in [9.17, 15) is 10.1 Å². The van der Waals surface area contributed by atoms with Crippen LogP contribution in [0, 0.1) is 11.3 Å². The summed E-state index contributed by atoms with van der Waals surface area (Å²) in [5.41, 5.74) is 2.31. The van der Waals surface area contributed by atoms with Crippen LogP contribution in [0.2, 0.25) is 0 Å². The number of hydrogen-bond acceptors (Lipinski definition) is 7. The number of fused-ring (bicyclic) bond motifs is 1. The molecule has 3 heterocycles. The minimum atomic E-state index is -0.254. The standard InChI is InChI=1S/C24H19N5O3/c25-14-21-23(27-11-10-26-21)31-18-7-4-12-29(15-18)24(30)17-8-9-20-19(13-17)22(32-28-20)16-5-2-1-3-6-16/h1-3,5-6,8-11,13,18H,4,7,12,15H2. The summed E-state index contributed by atoms with van der Waals surface area (Å²) in [6.45, 7) is 1.05. The van der Waals surface area contributed by atoms with E-state index in [1.165, 1.54) is 12.4 Å². The predicted octanol–water partition coefficient (Wildman–Crippen LogP) is 3.84. The maximum atomic E-state index is 13.3. The van der Waals surface area contributed by atoms with Gasteiger partial charge in [0.1, 0.15) is 17.7 Å². The molecule has 1 saturated heterocycles. The number of amides is 1. The zero-order valence-corrected chi connectivity index (χ0v) is 17.1. The maximum Gasteiger partial charge on any atom is 0.254 e. The van der Waals surface area contributed by atoms with Gasteiger partial charge in [0.2, 0.25) is 5.69 Å². The molecule has 1 amide bonds. The normalized spacial score (nSPS) is 16.0. The number of likely N-dealkylation sites (tertiary alicyclic amines) is 1. The van der Waals surface area contributed by atoms with Gasteiger partial charge in [-0.15, -0.1) is 0 Å². The Hall–Kier alpha value is -4.25. The van der Waals surface area contributed by atoms with E-state index in [1.807, 2.05) is 42.5 Å². The number of aromatic nitrogens is 3. The average molecular weight is 425 g/mol. The number of carbonyl (C=O) groups is 1. The molecule has 0 spiro atoms. The lowest BCUT2D eigenvalue weighted by atomic mass is 10.0. The molecule has 0 radical (unpaired) electrons. The van der Waals surface area contributed by atoms with Crippen molar-refractivity contribution in [1.82, 2.24) is 20.0 Å². The van der Waals surface area contributed by atoms with Gasteiger partial charge in [-0.05, 0) is 31.0 Å². The molecular formula is C24H19N5O3. The highest BCUT2D eigenvalue weighted by Crippen LogP contribution is 2.30. The number of nitrogens with zero attached hydrogens (tertiary/aromatic N) is 5. The topological polar surface area (TPSA) is 105 Å². The van der Waals surface area contributed by atoms with Crippen molar-refractivity contribution in [1.29, 1.82) is 5.26 Å². The largest absolute Gasteiger partial charge is 0.470 e. The van der Waals surface area contributed by atoms with E-state index in [1.54, 1.807) is 17.0 Å². The third-order valence-corrected chi connectivity index (χ3v) is 5.47. The van der Waals surface area contributed by atoms with Gasteiger partial charge in [0.15, 0.2) is 5.76 Å². The lowest BCUT2D eigenvalue weighted by Crippen LogP contribution is -2.44. The lowest BCUT2D eigenvalue weighted by Gasteiger charge is -2.32.